The van der Waals surface area contributed by atoms with E-state index in [-0.39, 0.29) is 12.0 Å². The minimum Gasteiger partial charge on any atom is -0.479 e. The summed E-state index contributed by atoms with van der Waals surface area (Å²) in [6.07, 6.45) is -0.829. The Balaban J connectivity index is 3.33. The van der Waals surface area contributed by atoms with Gasteiger partial charge in [-0.2, -0.15) is 0 Å². The summed E-state index contributed by atoms with van der Waals surface area (Å²) >= 11 is 0. The van der Waals surface area contributed by atoms with Gasteiger partial charge in [-0.3, -0.25) is 14.9 Å². The second-order valence-corrected chi connectivity index (χ2v) is 3.84. The zero-order chi connectivity index (χ0) is 15.3. The fourth-order valence-corrected chi connectivity index (χ4v) is 1.64. The number of hydrogen-bond acceptors (Lipinski definition) is 5. The lowest BCUT2D eigenvalue weighted by molar-refractivity contribution is -0.385. The number of carboxylic acid groups (broad SMARTS) is 2. The number of nitrogens with zero attached hydrogens (tertiary/aromatic N) is 1. The first-order chi connectivity index (χ1) is 9.35. The Morgan fingerprint density at radius 3 is 2.30 bits per heavy atom. The molecule has 0 saturated carbocycles. The van der Waals surface area contributed by atoms with Gasteiger partial charge < -0.3 is 15.5 Å². The van der Waals surface area contributed by atoms with Gasteiger partial charge in [0.15, 0.2) is 0 Å². The highest BCUT2D eigenvalue weighted by atomic mass is 16.6. The van der Waals surface area contributed by atoms with Crippen molar-refractivity contribution in [2.45, 2.75) is 12.0 Å². The quantitative estimate of drug-likeness (QED) is 0.271. The van der Waals surface area contributed by atoms with E-state index in [9.17, 15) is 24.5 Å². The summed E-state index contributed by atoms with van der Waals surface area (Å²) in [6.45, 7) is 0. The van der Waals surface area contributed by atoms with Crippen LogP contribution in [0.25, 0.3) is 0 Å². The third kappa shape index (κ3) is 2.71. The number of rotatable bonds is 7. The molecule has 0 atom stereocenters. The fourth-order valence-electron chi connectivity index (χ4n) is 1.64. The molecule has 1 aromatic carbocycles. The van der Waals surface area contributed by atoms with Gasteiger partial charge in [0.2, 0.25) is 11.9 Å². The summed E-state index contributed by atoms with van der Waals surface area (Å²) < 4.78 is 0. The van der Waals surface area contributed by atoms with Crippen molar-refractivity contribution in [1.29, 1.82) is 0 Å². The molecule has 9 heteroatoms. The summed E-state index contributed by atoms with van der Waals surface area (Å²) in [5.74, 6) is -3.65. The summed E-state index contributed by atoms with van der Waals surface area (Å²) in [4.78, 5) is 42.9. The molecular weight excluding hydrogens is 272 g/mol. The van der Waals surface area contributed by atoms with E-state index in [1.807, 2.05) is 0 Å². The Morgan fingerprint density at radius 2 is 1.85 bits per heavy atom. The molecule has 20 heavy (non-hydrogen) atoms. The number of para-hydroxylation sites is 1. The average Bonchev–Trinajstić information content (AvgIpc) is 2.37. The van der Waals surface area contributed by atoms with E-state index >= 15 is 0 Å². The van der Waals surface area contributed by atoms with Crippen molar-refractivity contribution in [1.82, 2.24) is 5.32 Å². The first-order valence-electron chi connectivity index (χ1n) is 5.25. The molecule has 0 radical (unpaired) electrons. The summed E-state index contributed by atoms with van der Waals surface area (Å²) in [5, 5.41) is 30.6. The third-order valence-corrected chi connectivity index (χ3v) is 2.68. The molecule has 0 spiro atoms. The number of benzene rings is 1. The standard InChI is InChI=1S/C11H10N2O7/c14-6-12-11(9(15)16,10(17)18)5-7-3-1-2-4-8(7)13(19)20/h1-4,6H,5H2,(H,12,14)(H,15,16)(H,17,18). The van der Waals surface area contributed by atoms with Crippen molar-refractivity contribution < 1.29 is 29.5 Å². The zero-order valence-electron chi connectivity index (χ0n) is 9.98. The highest BCUT2D eigenvalue weighted by Crippen LogP contribution is 2.23. The van der Waals surface area contributed by atoms with Crippen molar-refractivity contribution in [3.63, 3.8) is 0 Å². The van der Waals surface area contributed by atoms with E-state index in [0.29, 0.717) is 0 Å². The number of amides is 1. The smallest absolute Gasteiger partial charge is 0.341 e. The van der Waals surface area contributed by atoms with Gasteiger partial charge in [0.1, 0.15) is 0 Å². The predicted octanol–water partition coefficient (Wildman–Crippen LogP) is -0.209. The van der Waals surface area contributed by atoms with Crippen LogP contribution in [0, 0.1) is 10.1 Å². The average molecular weight is 282 g/mol. The summed E-state index contributed by atoms with van der Waals surface area (Å²) in [7, 11) is 0. The molecule has 0 aliphatic carbocycles. The lowest BCUT2D eigenvalue weighted by Gasteiger charge is -2.23. The molecule has 0 fully saturated rings. The monoisotopic (exact) mass is 282 g/mol. The van der Waals surface area contributed by atoms with Gasteiger partial charge in [-0.1, -0.05) is 18.2 Å². The van der Waals surface area contributed by atoms with Crippen LogP contribution in [0.3, 0.4) is 0 Å². The van der Waals surface area contributed by atoms with Crippen LogP contribution in [0.2, 0.25) is 0 Å². The third-order valence-electron chi connectivity index (χ3n) is 2.68. The van der Waals surface area contributed by atoms with Crippen LogP contribution in [0.15, 0.2) is 24.3 Å². The van der Waals surface area contributed by atoms with E-state index in [4.69, 9.17) is 10.2 Å². The summed E-state index contributed by atoms with van der Waals surface area (Å²) in [6, 6.07) is 5.10. The fraction of sp³-hybridized carbons (Fsp3) is 0.182. The van der Waals surface area contributed by atoms with E-state index in [0.717, 1.165) is 6.07 Å². The van der Waals surface area contributed by atoms with Crippen LogP contribution < -0.4 is 5.32 Å². The van der Waals surface area contributed by atoms with Gasteiger partial charge in [0, 0.05) is 18.1 Å². The van der Waals surface area contributed by atoms with Crippen LogP contribution >= 0.6 is 0 Å². The number of carbonyl (C=O) groups is 3. The molecule has 9 nitrogen and oxygen atoms in total. The number of nitro benzene ring substituents is 1. The molecule has 0 saturated heterocycles. The molecule has 1 rings (SSSR count). The molecule has 0 bridgehead atoms. The van der Waals surface area contributed by atoms with Crippen LogP contribution in [-0.4, -0.2) is 39.0 Å². The largest absolute Gasteiger partial charge is 0.479 e. The van der Waals surface area contributed by atoms with Gasteiger partial charge in [0.05, 0.1) is 4.92 Å². The molecule has 0 aliphatic rings. The second-order valence-electron chi connectivity index (χ2n) is 3.84. The Kier molecular flexibility index (Phi) is 4.36. The topological polar surface area (TPSA) is 147 Å². The Labute approximate surface area is 112 Å². The first-order valence-corrected chi connectivity index (χ1v) is 5.25. The van der Waals surface area contributed by atoms with Crippen molar-refractivity contribution in [2.75, 3.05) is 0 Å². The van der Waals surface area contributed by atoms with Crippen LogP contribution in [0.4, 0.5) is 5.69 Å². The van der Waals surface area contributed by atoms with Gasteiger partial charge in [-0.15, -0.1) is 0 Å². The van der Waals surface area contributed by atoms with E-state index < -0.39 is 34.5 Å². The normalized spacial score (nSPS) is 10.6. The molecule has 106 valence electrons. The van der Waals surface area contributed by atoms with Gasteiger partial charge in [-0.05, 0) is 0 Å². The minimum absolute atomic E-state index is 0.0724. The molecule has 0 heterocycles. The lowest BCUT2D eigenvalue weighted by Crippen LogP contribution is -2.59. The van der Waals surface area contributed by atoms with E-state index in [2.05, 4.69) is 0 Å². The van der Waals surface area contributed by atoms with Crippen LogP contribution in [0.5, 0.6) is 0 Å². The number of nitrogens with one attached hydrogen (secondary N) is 1. The predicted molar refractivity (Wildman–Crippen MR) is 64.0 cm³/mol. The van der Waals surface area contributed by atoms with Crippen molar-refractivity contribution in [2.24, 2.45) is 0 Å². The minimum atomic E-state index is -2.66. The number of aliphatic carboxylic acids is 2. The van der Waals surface area contributed by atoms with Gasteiger partial charge >= 0.3 is 11.9 Å². The lowest BCUT2D eigenvalue weighted by atomic mass is 9.90. The van der Waals surface area contributed by atoms with Gasteiger partial charge in [0.25, 0.3) is 5.69 Å². The van der Waals surface area contributed by atoms with Crippen LogP contribution in [0.1, 0.15) is 5.56 Å². The van der Waals surface area contributed by atoms with Crippen LogP contribution in [-0.2, 0) is 20.8 Å². The Morgan fingerprint density at radius 1 is 1.30 bits per heavy atom. The second kappa shape index (κ2) is 5.78. The van der Waals surface area contributed by atoms with E-state index in [1.165, 1.54) is 18.2 Å². The Hall–Kier alpha value is -2.97. The highest BCUT2D eigenvalue weighted by molar-refractivity contribution is 6.05. The SMILES string of the molecule is O=CNC(Cc1ccccc1[N+](=O)[O-])(C(=O)O)C(=O)O. The number of carboxylic acids is 2. The molecule has 0 unspecified atom stereocenters. The number of nitro groups is 1. The summed E-state index contributed by atoms with van der Waals surface area (Å²) in [5.41, 5.74) is -3.20. The van der Waals surface area contributed by atoms with Crippen molar-refractivity contribution >= 4 is 24.0 Å². The number of hydrogen-bond donors (Lipinski definition) is 3. The molecular formula is C11H10N2O7. The zero-order valence-corrected chi connectivity index (χ0v) is 9.98. The maximum Gasteiger partial charge on any atom is 0.341 e. The number of carbonyl (C=O) groups excluding carboxylic acids is 1. The Bertz CT molecular complexity index is 556. The van der Waals surface area contributed by atoms with Gasteiger partial charge in [-0.25, -0.2) is 9.59 Å². The molecule has 0 aromatic heterocycles. The van der Waals surface area contributed by atoms with E-state index in [1.54, 1.807) is 5.32 Å². The maximum absolute atomic E-state index is 11.2. The molecule has 3 N–H and O–H groups in total. The first kappa shape index (κ1) is 15.1. The molecule has 1 aromatic rings. The van der Waals surface area contributed by atoms with Crippen molar-refractivity contribution in [3.8, 4) is 0 Å². The van der Waals surface area contributed by atoms with Crippen molar-refractivity contribution in [3.05, 3.63) is 39.9 Å². The maximum atomic E-state index is 11.2. The molecule has 1 amide bonds. The highest BCUT2D eigenvalue weighted by Gasteiger charge is 2.47. The molecule has 0 aliphatic heterocycles.